The molecular weight excluding hydrogens is 344 g/mol. The molecule has 0 atom stereocenters. The largest absolute Gasteiger partial charge is 2.00 e. The summed E-state index contributed by atoms with van der Waals surface area (Å²) in [6, 6.07) is 0. The van der Waals surface area contributed by atoms with Gasteiger partial charge in [0.15, 0.2) is 0 Å². The van der Waals surface area contributed by atoms with Crippen LogP contribution in [0.5, 0.6) is 0 Å². The van der Waals surface area contributed by atoms with Crippen LogP contribution in [0.25, 0.3) is 0 Å². The van der Waals surface area contributed by atoms with Crippen LogP contribution in [0.4, 0.5) is 0 Å². The van der Waals surface area contributed by atoms with Crippen LogP contribution in [0.3, 0.4) is 0 Å². The van der Waals surface area contributed by atoms with Crippen molar-refractivity contribution in [2.45, 2.75) is 0 Å². The molecule has 23 heavy (non-hydrogen) atoms. The molecule has 0 heterocycles. The molecule has 0 bridgehead atoms. The van der Waals surface area contributed by atoms with E-state index >= 15 is 0 Å². The van der Waals surface area contributed by atoms with Gasteiger partial charge in [-0.05, 0) is 24.3 Å². The Morgan fingerprint density at radius 1 is 0.478 bits per heavy atom. The summed E-state index contributed by atoms with van der Waals surface area (Å²) in [5.41, 5.74) is 0. The SMILES string of the molecule is O.O.O.O.O.O.O=C([O-])/C=C\C(=O)[O-].O=C([O-])/C=C\C(=O)[O-].[H+].[H+].[Mg+2]. The number of rotatable bonds is 4. The first kappa shape index (κ1) is 58.5. The van der Waals surface area contributed by atoms with E-state index in [9.17, 15) is 39.6 Å². The summed E-state index contributed by atoms with van der Waals surface area (Å²) in [5.74, 6) is -6.19. The molecular formula is C8H18MgO14. The standard InChI is InChI=1S/2C4H4O4.Mg.6H2O/c2*5-3(6)1-2-4(7)8;;;;;;;/h2*1-2H,(H,5,6)(H,7,8);;6*1H2/q;;+2;;;;;;/p-2/b2*2-1-;;;;;;;. The average molecular weight is 363 g/mol. The number of carboxylic acid groups (broad SMARTS) is 4. The minimum Gasteiger partial charge on any atom is -0.545 e. The fourth-order valence-corrected chi connectivity index (χ4v) is 0.272. The Hall–Kier alpha value is -2.11. The molecule has 136 valence electrons. The van der Waals surface area contributed by atoms with Crippen molar-refractivity contribution in [1.82, 2.24) is 0 Å². The van der Waals surface area contributed by atoms with Crippen molar-refractivity contribution in [3.63, 3.8) is 0 Å². The molecule has 14 nitrogen and oxygen atoms in total. The van der Waals surface area contributed by atoms with Gasteiger partial charge in [0.1, 0.15) is 0 Å². The number of aliphatic carboxylic acids is 4. The zero-order valence-corrected chi connectivity index (χ0v) is 12.7. The van der Waals surface area contributed by atoms with Gasteiger partial charge >= 0.3 is 25.9 Å². The molecule has 15 heteroatoms. The second-order valence-corrected chi connectivity index (χ2v) is 1.94. The van der Waals surface area contributed by atoms with Gasteiger partial charge in [0.25, 0.3) is 0 Å². The molecule has 0 saturated carbocycles. The van der Waals surface area contributed by atoms with Gasteiger partial charge in [-0.15, -0.1) is 0 Å². The fraction of sp³-hybridized carbons (Fsp3) is 0. The molecule has 0 fully saturated rings. The van der Waals surface area contributed by atoms with Gasteiger partial charge in [0, 0.05) is 0 Å². The zero-order chi connectivity index (χ0) is 13.1. The van der Waals surface area contributed by atoms with E-state index in [1.54, 1.807) is 0 Å². The summed E-state index contributed by atoms with van der Waals surface area (Å²) < 4.78 is 0. The van der Waals surface area contributed by atoms with Gasteiger partial charge in [-0.1, -0.05) is 0 Å². The van der Waals surface area contributed by atoms with E-state index in [1.165, 1.54) is 0 Å². The van der Waals surface area contributed by atoms with Crippen LogP contribution in [-0.2, 0) is 19.2 Å². The molecule has 0 aromatic heterocycles. The zero-order valence-electron chi connectivity index (χ0n) is 13.3. The normalized spacial score (nSPS) is 6.61. The molecule has 0 aliphatic heterocycles. The molecule has 0 radical (unpaired) electrons. The van der Waals surface area contributed by atoms with Gasteiger partial charge in [0.2, 0.25) is 0 Å². The predicted octanol–water partition coefficient (Wildman–Crippen LogP) is -11.0. The summed E-state index contributed by atoms with van der Waals surface area (Å²) in [7, 11) is 0. The molecule has 12 N–H and O–H groups in total. The molecule has 0 aliphatic carbocycles. The van der Waals surface area contributed by atoms with Gasteiger partial charge < -0.3 is 72.5 Å². The predicted molar refractivity (Wildman–Crippen MR) is 68.0 cm³/mol. The number of hydrogen-bond donors (Lipinski definition) is 0. The van der Waals surface area contributed by atoms with Gasteiger partial charge in [-0.2, -0.15) is 0 Å². The maximum Gasteiger partial charge on any atom is 2.00 e. The minimum atomic E-state index is -1.55. The van der Waals surface area contributed by atoms with Crippen molar-refractivity contribution in [1.29, 1.82) is 0 Å². The van der Waals surface area contributed by atoms with Crippen molar-refractivity contribution in [2.75, 3.05) is 0 Å². The first-order chi connectivity index (χ1) is 7.25. The quantitative estimate of drug-likeness (QED) is 0.340. The number of carboxylic acids is 4. The van der Waals surface area contributed by atoms with Crippen LogP contribution in [0.2, 0.25) is 0 Å². The topological polar surface area (TPSA) is 350 Å². The van der Waals surface area contributed by atoms with Crippen LogP contribution in [0.1, 0.15) is 2.85 Å². The van der Waals surface area contributed by atoms with E-state index in [2.05, 4.69) is 0 Å². The van der Waals surface area contributed by atoms with E-state index in [4.69, 9.17) is 0 Å². The van der Waals surface area contributed by atoms with E-state index in [1.807, 2.05) is 0 Å². The molecule has 0 saturated heterocycles. The number of carbonyl (C=O) groups excluding carboxylic acids is 4. The Labute approximate surface area is 147 Å². The van der Waals surface area contributed by atoms with E-state index < -0.39 is 23.9 Å². The number of carbonyl (C=O) groups is 4. The summed E-state index contributed by atoms with van der Waals surface area (Å²) in [5, 5.41) is 37.7. The first-order valence-electron chi connectivity index (χ1n) is 3.45. The molecule has 0 aromatic rings. The Kier molecular flexibility index (Phi) is 93.5. The summed E-state index contributed by atoms with van der Waals surface area (Å²) in [6.45, 7) is 0. The van der Waals surface area contributed by atoms with Crippen molar-refractivity contribution in [3.05, 3.63) is 24.3 Å². The van der Waals surface area contributed by atoms with E-state index in [0.717, 1.165) is 0 Å². The summed E-state index contributed by atoms with van der Waals surface area (Å²) in [4.78, 5) is 37.7. The molecule has 0 unspecified atom stereocenters. The maximum atomic E-state index is 9.41. The second-order valence-electron chi connectivity index (χ2n) is 1.94. The van der Waals surface area contributed by atoms with Crippen LogP contribution >= 0.6 is 0 Å². The van der Waals surface area contributed by atoms with E-state index in [0.29, 0.717) is 24.3 Å². The summed E-state index contributed by atoms with van der Waals surface area (Å²) in [6.07, 6.45) is 1.54. The first-order valence-corrected chi connectivity index (χ1v) is 3.45. The third-order valence-electron chi connectivity index (χ3n) is 0.711. The Morgan fingerprint density at radius 3 is 0.609 bits per heavy atom. The Morgan fingerprint density at radius 2 is 0.565 bits per heavy atom. The van der Waals surface area contributed by atoms with Gasteiger partial charge in [-0.3, -0.25) is 0 Å². The van der Waals surface area contributed by atoms with Crippen LogP contribution in [0, 0.1) is 0 Å². The molecule has 0 amide bonds. The Bertz CT molecular complexity index is 293. The van der Waals surface area contributed by atoms with Crippen LogP contribution in [-0.4, -0.2) is 79.8 Å². The minimum absolute atomic E-state index is 0. The van der Waals surface area contributed by atoms with Crippen molar-refractivity contribution in [3.8, 4) is 0 Å². The third-order valence-corrected chi connectivity index (χ3v) is 0.711. The molecule has 0 aromatic carbocycles. The second kappa shape index (κ2) is 36.8. The van der Waals surface area contributed by atoms with E-state index in [-0.39, 0.29) is 58.8 Å². The third kappa shape index (κ3) is 102. The van der Waals surface area contributed by atoms with Gasteiger partial charge in [-0.25, -0.2) is 0 Å². The van der Waals surface area contributed by atoms with Crippen LogP contribution in [0.15, 0.2) is 24.3 Å². The smallest absolute Gasteiger partial charge is 0.545 e. The monoisotopic (exact) mass is 362 g/mol. The molecule has 0 rings (SSSR count). The summed E-state index contributed by atoms with van der Waals surface area (Å²) >= 11 is 0. The van der Waals surface area contributed by atoms with Crippen LogP contribution < -0.4 is 20.4 Å². The van der Waals surface area contributed by atoms with Gasteiger partial charge in [0.05, 0.1) is 23.9 Å². The van der Waals surface area contributed by atoms with Crippen molar-refractivity contribution >= 4 is 46.9 Å². The maximum absolute atomic E-state index is 9.41. The van der Waals surface area contributed by atoms with Crippen molar-refractivity contribution < 1.29 is 75.3 Å². The number of hydrogen-bond acceptors (Lipinski definition) is 8. The van der Waals surface area contributed by atoms with Crippen molar-refractivity contribution in [2.24, 2.45) is 0 Å². The average Bonchev–Trinajstić information content (AvgIpc) is 2.12. The fourth-order valence-electron chi connectivity index (χ4n) is 0.272. The Balaban J connectivity index is -0.0000000128. The molecule has 0 spiro atoms. The molecule has 0 aliphatic rings.